The lowest BCUT2D eigenvalue weighted by Gasteiger charge is -2.09. The van der Waals surface area contributed by atoms with Crippen LogP contribution in [0.15, 0.2) is 53.0 Å². The van der Waals surface area contributed by atoms with Crippen molar-refractivity contribution in [3.05, 3.63) is 58.1 Å². The maximum Gasteiger partial charge on any atom is 0.146 e. The predicted molar refractivity (Wildman–Crippen MR) is 84.9 cm³/mol. The largest absolute Gasteiger partial charge is 0.508 e. The first-order valence-corrected chi connectivity index (χ1v) is 7.08. The molecule has 0 fully saturated rings. The normalized spacial score (nSPS) is 10.0. The molecule has 3 nitrogen and oxygen atoms in total. The van der Waals surface area contributed by atoms with E-state index in [2.05, 4.69) is 0 Å². The van der Waals surface area contributed by atoms with E-state index in [1.54, 1.807) is 30.3 Å². The molecule has 2 aromatic rings. The molecule has 1 N–H and O–H groups in total. The van der Waals surface area contributed by atoms with Crippen molar-refractivity contribution in [3.63, 3.8) is 0 Å². The molecule has 0 saturated heterocycles. The molecule has 0 radical (unpaired) electrons. The number of hydrogen-bond donors (Lipinski definition) is 1. The Morgan fingerprint density at radius 1 is 1.05 bits per heavy atom. The van der Waals surface area contributed by atoms with Crippen LogP contribution in [0.5, 0.6) is 23.0 Å². The van der Waals surface area contributed by atoms with Crippen molar-refractivity contribution in [3.8, 4) is 23.0 Å². The molecular weight excluding hydrogens is 335 g/mol. The van der Waals surface area contributed by atoms with Gasteiger partial charge in [-0.2, -0.15) is 0 Å². The molecular formula is C15H11Cl3O3. The summed E-state index contributed by atoms with van der Waals surface area (Å²) >= 11 is 17.1. The van der Waals surface area contributed by atoms with Gasteiger partial charge in [-0.05, 0) is 42.5 Å². The number of benzene rings is 2. The van der Waals surface area contributed by atoms with Crippen molar-refractivity contribution in [1.29, 1.82) is 0 Å². The van der Waals surface area contributed by atoms with Crippen LogP contribution in [-0.4, -0.2) is 11.7 Å². The molecule has 6 heteroatoms. The summed E-state index contributed by atoms with van der Waals surface area (Å²) < 4.78 is 11.2. The molecule has 0 aliphatic carbocycles. The summed E-state index contributed by atoms with van der Waals surface area (Å²) in [5, 5.41) is 9.62. The van der Waals surface area contributed by atoms with Gasteiger partial charge in [0.1, 0.15) is 34.1 Å². The van der Waals surface area contributed by atoms with E-state index in [0.717, 1.165) is 0 Å². The molecule has 0 atom stereocenters. The van der Waals surface area contributed by atoms with Crippen LogP contribution in [0.25, 0.3) is 0 Å². The molecule has 0 aliphatic rings. The fraction of sp³-hybridized carbons (Fsp3) is 0.0667. The number of rotatable bonds is 5. The Labute approximate surface area is 137 Å². The summed E-state index contributed by atoms with van der Waals surface area (Å²) in [5.41, 5.74) is 0. The molecule has 110 valence electrons. The van der Waals surface area contributed by atoms with Gasteiger partial charge in [-0.25, -0.2) is 0 Å². The van der Waals surface area contributed by atoms with Crippen LogP contribution in [0, 0.1) is 0 Å². The Morgan fingerprint density at radius 2 is 1.71 bits per heavy atom. The standard InChI is InChI=1S/C15H11Cl3O3/c16-13-9-12(20-8-7-15(17)18)5-6-14(13)21-11-3-1-10(19)2-4-11/h1-7,9,19H,8H2. The highest BCUT2D eigenvalue weighted by Crippen LogP contribution is 2.33. The van der Waals surface area contributed by atoms with Gasteiger partial charge < -0.3 is 14.6 Å². The second kappa shape index (κ2) is 7.46. The third kappa shape index (κ3) is 5.05. The van der Waals surface area contributed by atoms with Gasteiger partial charge in [-0.3, -0.25) is 0 Å². The third-order valence-electron chi connectivity index (χ3n) is 2.46. The smallest absolute Gasteiger partial charge is 0.146 e. The molecule has 0 bridgehead atoms. The Kier molecular flexibility index (Phi) is 5.62. The number of halogens is 3. The maximum atomic E-state index is 9.21. The minimum atomic E-state index is 0.147. The van der Waals surface area contributed by atoms with Crippen LogP contribution in [-0.2, 0) is 0 Å². The summed E-state index contributed by atoms with van der Waals surface area (Å²) in [4.78, 5) is 0. The molecule has 0 aromatic heterocycles. The zero-order chi connectivity index (χ0) is 15.2. The SMILES string of the molecule is Oc1ccc(Oc2ccc(OCC=C(Cl)Cl)cc2Cl)cc1. The number of aromatic hydroxyl groups is 1. The van der Waals surface area contributed by atoms with Crippen molar-refractivity contribution < 1.29 is 14.6 Å². The first-order chi connectivity index (χ1) is 10.0. The zero-order valence-electron chi connectivity index (χ0n) is 10.7. The topological polar surface area (TPSA) is 38.7 Å². The zero-order valence-corrected chi connectivity index (χ0v) is 13.0. The average Bonchev–Trinajstić information content (AvgIpc) is 2.44. The lowest BCUT2D eigenvalue weighted by molar-refractivity contribution is 0.362. The van der Waals surface area contributed by atoms with E-state index >= 15 is 0 Å². The number of phenolic OH excluding ortho intramolecular Hbond substituents is 1. The highest BCUT2D eigenvalue weighted by molar-refractivity contribution is 6.55. The lowest BCUT2D eigenvalue weighted by atomic mass is 10.3. The van der Waals surface area contributed by atoms with Crippen LogP contribution in [0.4, 0.5) is 0 Å². The molecule has 21 heavy (non-hydrogen) atoms. The molecule has 0 unspecified atom stereocenters. The van der Waals surface area contributed by atoms with Gasteiger partial charge in [0.05, 0.1) is 5.02 Å². The molecule has 0 heterocycles. The highest BCUT2D eigenvalue weighted by Gasteiger charge is 2.05. The second-order valence-electron chi connectivity index (χ2n) is 3.99. The van der Waals surface area contributed by atoms with Crippen molar-refractivity contribution in [2.24, 2.45) is 0 Å². The maximum absolute atomic E-state index is 9.21. The number of phenols is 1. The van der Waals surface area contributed by atoms with E-state index in [4.69, 9.17) is 44.3 Å². The molecule has 2 rings (SSSR count). The van der Waals surface area contributed by atoms with Gasteiger partial charge in [0.25, 0.3) is 0 Å². The Balaban J connectivity index is 2.05. The molecule has 0 spiro atoms. The van der Waals surface area contributed by atoms with Crippen LogP contribution < -0.4 is 9.47 Å². The quantitative estimate of drug-likeness (QED) is 0.773. The second-order valence-corrected chi connectivity index (χ2v) is 5.41. The number of hydrogen-bond acceptors (Lipinski definition) is 3. The van der Waals surface area contributed by atoms with E-state index in [0.29, 0.717) is 22.3 Å². The summed E-state index contributed by atoms with van der Waals surface area (Å²) in [7, 11) is 0. The molecule has 0 aliphatic heterocycles. The fourth-order valence-corrected chi connectivity index (χ4v) is 1.83. The van der Waals surface area contributed by atoms with E-state index in [-0.39, 0.29) is 16.8 Å². The average molecular weight is 346 g/mol. The summed E-state index contributed by atoms with van der Waals surface area (Å²) in [6, 6.07) is 11.4. The van der Waals surface area contributed by atoms with E-state index in [1.165, 1.54) is 18.2 Å². The predicted octanol–water partition coefficient (Wildman–Crippen LogP) is 5.54. The van der Waals surface area contributed by atoms with Gasteiger partial charge in [0.2, 0.25) is 0 Å². The lowest BCUT2D eigenvalue weighted by Crippen LogP contribution is -1.94. The van der Waals surface area contributed by atoms with Gasteiger partial charge in [-0.15, -0.1) is 0 Å². The van der Waals surface area contributed by atoms with Gasteiger partial charge in [0.15, 0.2) is 0 Å². The van der Waals surface area contributed by atoms with Crippen molar-refractivity contribution in [2.75, 3.05) is 6.61 Å². The third-order valence-corrected chi connectivity index (χ3v) is 3.06. The van der Waals surface area contributed by atoms with Crippen LogP contribution >= 0.6 is 34.8 Å². The van der Waals surface area contributed by atoms with Crippen LogP contribution in [0.3, 0.4) is 0 Å². The Hall–Kier alpha value is -1.55. The molecule has 0 saturated carbocycles. The van der Waals surface area contributed by atoms with Gasteiger partial charge in [0, 0.05) is 6.07 Å². The first-order valence-electron chi connectivity index (χ1n) is 5.95. The van der Waals surface area contributed by atoms with E-state index < -0.39 is 0 Å². The van der Waals surface area contributed by atoms with Gasteiger partial charge >= 0.3 is 0 Å². The summed E-state index contributed by atoms with van der Waals surface area (Å²) in [6.07, 6.45) is 1.53. The molecule has 0 amide bonds. The minimum Gasteiger partial charge on any atom is -0.508 e. The first kappa shape index (κ1) is 15.8. The van der Waals surface area contributed by atoms with Crippen molar-refractivity contribution in [1.82, 2.24) is 0 Å². The van der Waals surface area contributed by atoms with Crippen LogP contribution in [0.1, 0.15) is 0 Å². The number of ether oxygens (including phenoxy) is 2. The minimum absolute atomic E-state index is 0.147. The molecule has 2 aromatic carbocycles. The monoisotopic (exact) mass is 344 g/mol. The van der Waals surface area contributed by atoms with E-state index in [9.17, 15) is 5.11 Å². The van der Waals surface area contributed by atoms with Crippen molar-refractivity contribution >= 4 is 34.8 Å². The Bertz CT molecular complexity index is 635. The summed E-state index contributed by atoms with van der Waals surface area (Å²) in [6.45, 7) is 0.247. The van der Waals surface area contributed by atoms with Crippen LogP contribution in [0.2, 0.25) is 5.02 Å². The van der Waals surface area contributed by atoms with Gasteiger partial charge in [-0.1, -0.05) is 34.8 Å². The fourth-order valence-electron chi connectivity index (χ4n) is 1.50. The Morgan fingerprint density at radius 3 is 2.33 bits per heavy atom. The summed E-state index contributed by atoms with van der Waals surface area (Å²) in [5.74, 6) is 1.80. The van der Waals surface area contributed by atoms with Crippen molar-refractivity contribution in [2.45, 2.75) is 0 Å². The highest BCUT2D eigenvalue weighted by atomic mass is 35.5. The van der Waals surface area contributed by atoms with E-state index in [1.807, 2.05) is 0 Å².